The first-order chi connectivity index (χ1) is 6.39. The summed E-state index contributed by atoms with van der Waals surface area (Å²) in [6, 6.07) is 0. The van der Waals surface area contributed by atoms with E-state index in [1.54, 1.807) is 6.20 Å². The molecule has 2 nitrogen and oxygen atoms in total. The van der Waals surface area contributed by atoms with Crippen molar-refractivity contribution in [2.24, 2.45) is 5.92 Å². The molecule has 0 fully saturated rings. The van der Waals surface area contributed by atoms with E-state index in [1.807, 2.05) is 6.92 Å². The highest BCUT2D eigenvalue weighted by molar-refractivity contribution is 7.15. The average Bonchev–Trinajstić information content (AvgIpc) is 2.45. The van der Waals surface area contributed by atoms with Crippen LogP contribution in [0.4, 0.5) is 18.3 Å². The van der Waals surface area contributed by atoms with Crippen LogP contribution in [0.15, 0.2) is 6.20 Å². The molecule has 0 bridgehead atoms. The summed E-state index contributed by atoms with van der Waals surface area (Å²) in [6.07, 6.45) is -2.51. The summed E-state index contributed by atoms with van der Waals surface area (Å²) >= 11 is 1.35. The predicted molar refractivity (Wildman–Crippen MR) is 50.6 cm³/mol. The Kier molecular flexibility index (Phi) is 3.36. The Labute approximate surface area is 84.2 Å². The van der Waals surface area contributed by atoms with Gasteiger partial charge in [-0.1, -0.05) is 6.92 Å². The Hall–Kier alpha value is -0.780. The lowest BCUT2D eigenvalue weighted by molar-refractivity contribution is -0.165. The van der Waals surface area contributed by atoms with E-state index in [1.165, 1.54) is 11.3 Å². The molecule has 0 amide bonds. The smallest absolute Gasteiger partial charge is 0.361 e. The zero-order valence-corrected chi connectivity index (χ0v) is 8.67. The molecule has 1 N–H and O–H groups in total. The number of aromatic nitrogens is 1. The minimum absolute atomic E-state index is 0.129. The number of hydrogen-bond acceptors (Lipinski definition) is 3. The first kappa shape index (κ1) is 11.3. The van der Waals surface area contributed by atoms with Gasteiger partial charge in [-0.05, 0) is 6.92 Å². The fourth-order valence-electron chi connectivity index (χ4n) is 0.793. The number of anilines is 1. The van der Waals surface area contributed by atoms with Crippen molar-refractivity contribution in [1.82, 2.24) is 4.98 Å². The van der Waals surface area contributed by atoms with Crippen molar-refractivity contribution < 1.29 is 13.2 Å². The third-order valence-corrected chi connectivity index (χ3v) is 2.61. The van der Waals surface area contributed by atoms with Crippen molar-refractivity contribution in [3.63, 3.8) is 0 Å². The molecule has 0 aliphatic carbocycles. The van der Waals surface area contributed by atoms with Crippen LogP contribution in [-0.4, -0.2) is 17.7 Å². The highest BCUT2D eigenvalue weighted by Crippen LogP contribution is 2.26. The molecule has 0 aliphatic heterocycles. The van der Waals surface area contributed by atoms with Gasteiger partial charge >= 0.3 is 6.18 Å². The van der Waals surface area contributed by atoms with Crippen LogP contribution in [-0.2, 0) is 0 Å². The van der Waals surface area contributed by atoms with Crippen LogP contribution < -0.4 is 5.32 Å². The molecule has 1 atom stereocenters. The Morgan fingerprint density at radius 1 is 1.57 bits per heavy atom. The highest BCUT2D eigenvalue weighted by Gasteiger charge is 2.35. The molecular formula is C8H11F3N2S. The van der Waals surface area contributed by atoms with Crippen molar-refractivity contribution in [3.8, 4) is 0 Å². The van der Waals surface area contributed by atoms with Gasteiger partial charge in [0.1, 0.15) is 0 Å². The summed E-state index contributed by atoms with van der Waals surface area (Å²) in [6.45, 7) is 2.87. The van der Waals surface area contributed by atoms with Crippen LogP contribution in [0.5, 0.6) is 0 Å². The molecule has 0 spiro atoms. The lowest BCUT2D eigenvalue weighted by atomic mass is 10.2. The number of alkyl halides is 3. The third-order valence-electron chi connectivity index (χ3n) is 1.74. The Morgan fingerprint density at radius 2 is 2.21 bits per heavy atom. The van der Waals surface area contributed by atoms with Gasteiger partial charge in [0, 0.05) is 17.6 Å². The number of aryl methyl sites for hydroxylation is 1. The molecule has 1 heterocycles. The fraction of sp³-hybridized carbons (Fsp3) is 0.625. The van der Waals surface area contributed by atoms with Gasteiger partial charge in [-0.15, -0.1) is 11.3 Å². The summed E-state index contributed by atoms with van der Waals surface area (Å²) in [5.41, 5.74) is 0. The molecule has 0 saturated heterocycles. The van der Waals surface area contributed by atoms with Crippen LogP contribution in [0.1, 0.15) is 11.8 Å². The molecule has 6 heteroatoms. The second-order valence-corrected chi connectivity index (χ2v) is 4.33. The molecular weight excluding hydrogens is 213 g/mol. The van der Waals surface area contributed by atoms with Gasteiger partial charge < -0.3 is 5.32 Å². The van der Waals surface area contributed by atoms with Gasteiger partial charge in [-0.25, -0.2) is 4.98 Å². The molecule has 1 rings (SSSR count). The van der Waals surface area contributed by atoms with Crippen molar-refractivity contribution >= 4 is 16.5 Å². The zero-order valence-electron chi connectivity index (χ0n) is 7.85. The number of nitrogens with zero attached hydrogens (tertiary/aromatic N) is 1. The van der Waals surface area contributed by atoms with Gasteiger partial charge in [0.05, 0.1) is 5.92 Å². The lowest BCUT2D eigenvalue weighted by Crippen LogP contribution is -2.26. The number of thiazole rings is 1. The van der Waals surface area contributed by atoms with E-state index >= 15 is 0 Å². The van der Waals surface area contributed by atoms with Gasteiger partial charge in [0.15, 0.2) is 5.13 Å². The summed E-state index contributed by atoms with van der Waals surface area (Å²) in [5.74, 6) is -1.35. The third kappa shape index (κ3) is 3.17. The Bertz CT molecular complexity index is 295. The number of nitrogens with one attached hydrogen (secondary N) is 1. The number of hydrogen-bond donors (Lipinski definition) is 1. The predicted octanol–water partition coefficient (Wildman–Crippen LogP) is 3.06. The van der Waals surface area contributed by atoms with E-state index in [9.17, 15) is 13.2 Å². The summed E-state index contributed by atoms with van der Waals surface area (Å²) < 4.78 is 36.3. The van der Waals surface area contributed by atoms with Crippen LogP contribution in [0.2, 0.25) is 0 Å². The molecule has 0 saturated carbocycles. The molecule has 0 aliphatic rings. The average molecular weight is 224 g/mol. The Morgan fingerprint density at radius 3 is 2.64 bits per heavy atom. The van der Waals surface area contributed by atoms with Crippen molar-refractivity contribution in [2.45, 2.75) is 20.0 Å². The Balaban J connectivity index is 2.41. The largest absolute Gasteiger partial charge is 0.393 e. The number of rotatable bonds is 3. The normalized spacial score (nSPS) is 14.1. The maximum absolute atomic E-state index is 12.1. The topological polar surface area (TPSA) is 24.9 Å². The molecule has 0 aromatic carbocycles. The van der Waals surface area contributed by atoms with Crippen molar-refractivity contribution in [3.05, 3.63) is 11.1 Å². The molecule has 1 aromatic heterocycles. The van der Waals surface area contributed by atoms with E-state index in [4.69, 9.17) is 0 Å². The van der Waals surface area contributed by atoms with Gasteiger partial charge in [-0.2, -0.15) is 13.2 Å². The van der Waals surface area contributed by atoms with Crippen molar-refractivity contribution in [1.29, 1.82) is 0 Å². The molecule has 14 heavy (non-hydrogen) atoms. The standard InChI is InChI=1S/C8H11F3N2S/c1-5(8(9,10)11)3-12-7-13-4-6(2)14-7/h4-5H,3H2,1-2H3,(H,12,13). The van der Waals surface area contributed by atoms with E-state index in [0.717, 1.165) is 11.8 Å². The minimum Gasteiger partial charge on any atom is -0.361 e. The van der Waals surface area contributed by atoms with Crippen molar-refractivity contribution in [2.75, 3.05) is 11.9 Å². The molecule has 1 unspecified atom stereocenters. The van der Waals surface area contributed by atoms with Crippen LogP contribution in [0, 0.1) is 12.8 Å². The molecule has 0 radical (unpaired) electrons. The quantitative estimate of drug-likeness (QED) is 0.853. The second-order valence-electron chi connectivity index (χ2n) is 3.10. The molecule has 80 valence electrons. The SMILES string of the molecule is Cc1cnc(NCC(C)C(F)(F)F)s1. The summed E-state index contributed by atoms with van der Waals surface area (Å²) in [4.78, 5) is 4.89. The summed E-state index contributed by atoms with van der Waals surface area (Å²) in [7, 11) is 0. The molecule has 1 aromatic rings. The first-order valence-electron chi connectivity index (χ1n) is 4.12. The zero-order chi connectivity index (χ0) is 10.8. The van der Waals surface area contributed by atoms with Crippen LogP contribution in [0.25, 0.3) is 0 Å². The van der Waals surface area contributed by atoms with E-state index in [2.05, 4.69) is 10.3 Å². The van der Waals surface area contributed by atoms with Crippen LogP contribution >= 0.6 is 11.3 Å². The van der Waals surface area contributed by atoms with Gasteiger partial charge in [0.2, 0.25) is 0 Å². The van der Waals surface area contributed by atoms with E-state index < -0.39 is 12.1 Å². The maximum atomic E-state index is 12.1. The first-order valence-corrected chi connectivity index (χ1v) is 4.94. The minimum atomic E-state index is -4.14. The fourth-order valence-corrected chi connectivity index (χ4v) is 1.46. The highest BCUT2D eigenvalue weighted by atomic mass is 32.1. The van der Waals surface area contributed by atoms with Crippen LogP contribution in [0.3, 0.4) is 0 Å². The monoisotopic (exact) mass is 224 g/mol. The van der Waals surface area contributed by atoms with Gasteiger partial charge in [0.25, 0.3) is 0 Å². The van der Waals surface area contributed by atoms with Gasteiger partial charge in [-0.3, -0.25) is 0 Å². The lowest BCUT2D eigenvalue weighted by Gasteiger charge is -2.15. The maximum Gasteiger partial charge on any atom is 0.393 e. The summed E-state index contributed by atoms with van der Waals surface area (Å²) in [5, 5.41) is 3.20. The number of halogens is 3. The van der Waals surface area contributed by atoms with E-state index in [0.29, 0.717) is 5.13 Å². The van der Waals surface area contributed by atoms with E-state index in [-0.39, 0.29) is 6.54 Å². The second kappa shape index (κ2) is 4.16.